The minimum atomic E-state index is 0.837. The maximum atomic E-state index is 5.14. The zero-order chi connectivity index (χ0) is 35.8. The summed E-state index contributed by atoms with van der Waals surface area (Å²) in [5.74, 6) is 1.07. The number of rotatable bonds is 5. The number of hydrogen-bond donors (Lipinski definition) is 0. The van der Waals surface area contributed by atoms with Gasteiger partial charge in [0.25, 0.3) is 0 Å². The van der Waals surface area contributed by atoms with Crippen LogP contribution in [-0.2, 0) is 6.42 Å². The molecule has 0 saturated carbocycles. The van der Waals surface area contributed by atoms with Crippen LogP contribution in [0.3, 0.4) is 0 Å². The standard InChI is InChI=1S/C51H35N3/c1-2-48-52-44-22-13-23-46-51(44)54(48)47-32-37(27-29-45(47)53(46)39-18-7-4-8-19-39)36-26-28-42-43(31-36)50(38-25-24-33-14-9-10-17-35(33)30-38)41-21-12-11-20-40(41)49(42)34-15-5-3-6-16-34/h3-32H,2H2,1H3. The number of benzene rings is 9. The van der Waals surface area contributed by atoms with Gasteiger partial charge in [-0.2, -0.15) is 0 Å². The van der Waals surface area contributed by atoms with Gasteiger partial charge in [0.1, 0.15) is 5.82 Å². The molecule has 3 heteroatoms. The van der Waals surface area contributed by atoms with E-state index in [4.69, 9.17) is 4.98 Å². The Morgan fingerprint density at radius 1 is 0.426 bits per heavy atom. The molecule has 0 spiro atoms. The molecule has 0 unspecified atom stereocenters. The number of aromatic nitrogens is 2. The largest absolute Gasteiger partial charge is 0.306 e. The quantitative estimate of drug-likeness (QED) is 0.168. The van der Waals surface area contributed by atoms with Crippen LogP contribution in [0.1, 0.15) is 12.7 Å². The molecule has 0 atom stereocenters. The third kappa shape index (κ3) is 4.58. The van der Waals surface area contributed by atoms with Gasteiger partial charge in [0.15, 0.2) is 0 Å². The van der Waals surface area contributed by atoms with E-state index >= 15 is 0 Å². The maximum absolute atomic E-state index is 5.14. The van der Waals surface area contributed by atoms with Crippen LogP contribution in [0.5, 0.6) is 0 Å². The Morgan fingerprint density at radius 3 is 1.87 bits per heavy atom. The van der Waals surface area contributed by atoms with E-state index in [1.807, 2.05) is 0 Å². The summed E-state index contributed by atoms with van der Waals surface area (Å²) in [7, 11) is 0. The van der Waals surface area contributed by atoms with Gasteiger partial charge in [0, 0.05) is 12.1 Å². The van der Waals surface area contributed by atoms with Crippen molar-refractivity contribution in [1.29, 1.82) is 0 Å². The van der Waals surface area contributed by atoms with Crippen molar-refractivity contribution in [1.82, 2.24) is 9.55 Å². The lowest BCUT2D eigenvalue weighted by atomic mass is 9.84. The second-order valence-corrected chi connectivity index (χ2v) is 14.2. The fourth-order valence-corrected chi connectivity index (χ4v) is 8.82. The molecule has 2 heterocycles. The first kappa shape index (κ1) is 30.6. The third-order valence-electron chi connectivity index (χ3n) is 11.2. The molecule has 3 nitrogen and oxygen atoms in total. The molecule has 0 saturated heterocycles. The molecule has 0 N–H and O–H groups in total. The molecule has 9 aromatic carbocycles. The van der Waals surface area contributed by atoms with E-state index < -0.39 is 0 Å². The van der Waals surface area contributed by atoms with Crippen molar-refractivity contribution in [3.8, 4) is 39.1 Å². The predicted octanol–water partition coefficient (Wildman–Crippen LogP) is 13.8. The number of para-hydroxylation sites is 2. The SMILES string of the molecule is CCc1nc2cccc3c2n1-c1cc(-c2ccc4c(-c5ccccc5)c5ccccc5c(-c5ccc6ccccc6c5)c4c2)ccc1N3c1ccccc1. The summed E-state index contributed by atoms with van der Waals surface area (Å²) in [6.07, 6.45) is 0.837. The second kappa shape index (κ2) is 12.0. The van der Waals surface area contributed by atoms with Crippen molar-refractivity contribution >= 4 is 60.4 Å². The van der Waals surface area contributed by atoms with Gasteiger partial charge in [-0.15, -0.1) is 0 Å². The van der Waals surface area contributed by atoms with E-state index in [-0.39, 0.29) is 0 Å². The average molecular weight is 690 g/mol. The van der Waals surface area contributed by atoms with Gasteiger partial charge in [-0.25, -0.2) is 4.98 Å². The zero-order valence-electron chi connectivity index (χ0n) is 29.9. The molecule has 10 aromatic rings. The van der Waals surface area contributed by atoms with Crippen molar-refractivity contribution in [2.24, 2.45) is 0 Å². The van der Waals surface area contributed by atoms with E-state index in [1.54, 1.807) is 0 Å². The Labute approximate surface area is 314 Å². The molecule has 54 heavy (non-hydrogen) atoms. The summed E-state index contributed by atoms with van der Waals surface area (Å²) in [6, 6.07) is 66.6. The summed E-state index contributed by atoms with van der Waals surface area (Å²) < 4.78 is 2.39. The molecular formula is C51H35N3. The van der Waals surface area contributed by atoms with Gasteiger partial charge < -0.3 is 4.90 Å². The zero-order valence-corrected chi connectivity index (χ0v) is 29.9. The fourth-order valence-electron chi connectivity index (χ4n) is 8.82. The lowest BCUT2D eigenvalue weighted by molar-refractivity contribution is 0.900. The highest BCUT2D eigenvalue weighted by molar-refractivity contribution is 6.22. The third-order valence-corrected chi connectivity index (χ3v) is 11.2. The van der Waals surface area contributed by atoms with Crippen LogP contribution in [0, 0.1) is 0 Å². The number of hydrogen-bond acceptors (Lipinski definition) is 2. The maximum Gasteiger partial charge on any atom is 0.114 e. The van der Waals surface area contributed by atoms with Crippen molar-refractivity contribution in [3.05, 3.63) is 188 Å². The van der Waals surface area contributed by atoms with Gasteiger partial charge in [0.2, 0.25) is 0 Å². The highest BCUT2D eigenvalue weighted by atomic mass is 15.2. The predicted molar refractivity (Wildman–Crippen MR) is 228 cm³/mol. The van der Waals surface area contributed by atoms with Gasteiger partial charge in [-0.3, -0.25) is 4.57 Å². The molecule has 0 aliphatic carbocycles. The summed E-state index contributed by atoms with van der Waals surface area (Å²) in [6.45, 7) is 2.20. The van der Waals surface area contributed by atoms with Crippen LogP contribution in [0.25, 0.3) is 82.4 Å². The van der Waals surface area contributed by atoms with Crippen LogP contribution >= 0.6 is 0 Å². The highest BCUT2D eigenvalue weighted by Gasteiger charge is 2.29. The number of aryl methyl sites for hydroxylation is 1. The Kier molecular flexibility index (Phi) is 6.83. The van der Waals surface area contributed by atoms with Gasteiger partial charge >= 0.3 is 0 Å². The molecule has 0 fully saturated rings. The first-order valence-corrected chi connectivity index (χ1v) is 18.8. The second-order valence-electron chi connectivity index (χ2n) is 14.2. The van der Waals surface area contributed by atoms with Crippen molar-refractivity contribution < 1.29 is 0 Å². The van der Waals surface area contributed by atoms with E-state index in [2.05, 4.69) is 198 Å². The van der Waals surface area contributed by atoms with Gasteiger partial charge in [-0.1, -0.05) is 140 Å². The lowest BCUT2D eigenvalue weighted by Crippen LogP contribution is -2.19. The molecule has 0 radical (unpaired) electrons. The minimum absolute atomic E-state index is 0.837. The van der Waals surface area contributed by atoms with Gasteiger partial charge in [0.05, 0.1) is 28.1 Å². The minimum Gasteiger partial charge on any atom is -0.306 e. The molecule has 11 rings (SSSR count). The summed E-state index contributed by atoms with van der Waals surface area (Å²) in [5, 5.41) is 7.50. The average Bonchev–Trinajstić information content (AvgIpc) is 3.63. The molecule has 254 valence electrons. The highest BCUT2D eigenvalue weighted by Crippen LogP contribution is 2.49. The molecule has 0 bridgehead atoms. The molecule has 1 aliphatic heterocycles. The summed E-state index contributed by atoms with van der Waals surface area (Å²) >= 11 is 0. The smallest absolute Gasteiger partial charge is 0.114 e. The number of nitrogens with zero attached hydrogens (tertiary/aromatic N) is 3. The summed E-state index contributed by atoms with van der Waals surface area (Å²) in [4.78, 5) is 7.53. The van der Waals surface area contributed by atoms with E-state index in [0.29, 0.717) is 0 Å². The number of imidazole rings is 1. The fraction of sp³-hybridized carbons (Fsp3) is 0.0392. The Balaban J connectivity index is 1.19. The van der Waals surface area contributed by atoms with E-state index in [1.165, 1.54) is 65.7 Å². The van der Waals surface area contributed by atoms with Crippen molar-refractivity contribution in [3.63, 3.8) is 0 Å². The monoisotopic (exact) mass is 689 g/mol. The topological polar surface area (TPSA) is 21.1 Å². The Bertz CT molecular complexity index is 3090. The van der Waals surface area contributed by atoms with E-state index in [9.17, 15) is 0 Å². The number of fused-ring (bicyclic) bond motifs is 5. The first-order chi connectivity index (χ1) is 26.7. The normalized spacial score (nSPS) is 12.2. The van der Waals surface area contributed by atoms with Crippen molar-refractivity contribution in [2.45, 2.75) is 13.3 Å². The van der Waals surface area contributed by atoms with Crippen LogP contribution in [0.4, 0.5) is 17.1 Å². The molecule has 0 amide bonds. The Morgan fingerprint density at radius 2 is 1.07 bits per heavy atom. The summed E-state index contributed by atoms with van der Waals surface area (Å²) in [5.41, 5.74) is 14.1. The number of anilines is 3. The molecule has 1 aromatic heterocycles. The first-order valence-electron chi connectivity index (χ1n) is 18.8. The Hall–Kier alpha value is -6.97. The van der Waals surface area contributed by atoms with Crippen molar-refractivity contribution in [2.75, 3.05) is 4.90 Å². The van der Waals surface area contributed by atoms with Crippen LogP contribution in [0.15, 0.2) is 182 Å². The van der Waals surface area contributed by atoms with Crippen LogP contribution < -0.4 is 4.90 Å². The lowest BCUT2D eigenvalue weighted by Gasteiger charge is -2.33. The van der Waals surface area contributed by atoms with Crippen LogP contribution in [-0.4, -0.2) is 9.55 Å². The molecular weight excluding hydrogens is 655 g/mol. The van der Waals surface area contributed by atoms with Gasteiger partial charge in [-0.05, 0) is 114 Å². The molecule has 1 aliphatic rings. The van der Waals surface area contributed by atoms with E-state index in [0.717, 1.165) is 46.0 Å². The van der Waals surface area contributed by atoms with Crippen LogP contribution in [0.2, 0.25) is 0 Å².